The first kappa shape index (κ1) is 28.6. The van der Waals surface area contributed by atoms with Crippen molar-refractivity contribution in [2.75, 3.05) is 12.4 Å². The summed E-state index contributed by atoms with van der Waals surface area (Å²) >= 11 is 8.93. The number of halogens is 1. The molecule has 6 aromatic rings. The monoisotopic (exact) mass is 629 g/mol. The van der Waals surface area contributed by atoms with E-state index in [9.17, 15) is 9.59 Å². The molecule has 2 aromatic carbocycles. The molecule has 0 unspecified atom stereocenters. The lowest BCUT2D eigenvalue weighted by Crippen LogP contribution is -2.32. The Bertz CT molecular complexity index is 2090. The Morgan fingerprint density at radius 2 is 1.88 bits per heavy atom. The number of hydrogen-bond acceptors (Lipinski definition) is 9. The van der Waals surface area contributed by atoms with Gasteiger partial charge in [-0.3, -0.25) is 24.7 Å². The van der Waals surface area contributed by atoms with Gasteiger partial charge in [0.15, 0.2) is 4.34 Å². The molecule has 0 radical (unpaired) electrons. The van der Waals surface area contributed by atoms with Gasteiger partial charge in [0.25, 0.3) is 11.5 Å². The van der Waals surface area contributed by atoms with Gasteiger partial charge in [-0.25, -0.2) is 4.98 Å². The normalized spacial score (nSPS) is 11.2. The fourth-order valence-electron chi connectivity index (χ4n) is 4.55. The minimum Gasteiger partial charge on any atom is -0.497 e. The van der Waals surface area contributed by atoms with E-state index < -0.39 is 5.91 Å². The molecule has 0 aliphatic rings. The Balaban J connectivity index is 1.32. The molecule has 0 fully saturated rings. The summed E-state index contributed by atoms with van der Waals surface area (Å²) in [4.78, 5) is 31.7. The van der Waals surface area contributed by atoms with Crippen molar-refractivity contribution in [3.63, 3.8) is 0 Å². The highest BCUT2D eigenvalue weighted by Crippen LogP contribution is 2.30. The third-order valence-electron chi connectivity index (χ3n) is 6.78. The maximum atomic E-state index is 13.5. The molecule has 4 heterocycles. The molecule has 10 nitrogen and oxygen atoms in total. The van der Waals surface area contributed by atoms with Gasteiger partial charge < -0.3 is 9.30 Å². The summed E-state index contributed by atoms with van der Waals surface area (Å²) in [6.45, 7) is 0.319. The van der Waals surface area contributed by atoms with E-state index in [2.05, 4.69) is 15.5 Å². The third kappa shape index (κ3) is 6.03. The first-order valence-corrected chi connectivity index (χ1v) is 15.3. The highest BCUT2D eigenvalue weighted by atomic mass is 35.5. The molecular weight excluding hydrogens is 606 g/mol. The summed E-state index contributed by atoms with van der Waals surface area (Å²) < 4.78 is 8.94. The van der Waals surface area contributed by atoms with Crippen LogP contribution < -0.4 is 21.1 Å². The zero-order chi connectivity index (χ0) is 29.9. The van der Waals surface area contributed by atoms with Gasteiger partial charge in [-0.15, -0.1) is 10.2 Å². The summed E-state index contributed by atoms with van der Waals surface area (Å²) in [5.41, 5.74) is 2.38. The standard InChI is InChI=1S/C30H24ClN7O3S2/c1-41-20-11-9-18(10-12-20)13-15-38-25(32)21(16-22-26(38)33-24-8-4-5-14-37(24)28(22)40)27(39)34-29-35-36-30(43-29)42-17-19-6-2-3-7-23(19)31/h2-12,14,16,32H,13,15,17H2,1H3,(H,34,35,39). The van der Waals surface area contributed by atoms with E-state index in [0.29, 0.717) is 39.4 Å². The van der Waals surface area contributed by atoms with Crippen molar-refractivity contribution in [3.8, 4) is 5.75 Å². The fourth-order valence-corrected chi connectivity index (χ4v) is 6.58. The maximum Gasteiger partial charge on any atom is 0.267 e. The second-order valence-electron chi connectivity index (χ2n) is 9.45. The average molecular weight is 630 g/mol. The fraction of sp³-hybridized carbons (Fsp3) is 0.133. The number of pyridine rings is 2. The third-order valence-corrected chi connectivity index (χ3v) is 9.17. The molecule has 0 spiro atoms. The van der Waals surface area contributed by atoms with E-state index in [-0.39, 0.29) is 27.1 Å². The van der Waals surface area contributed by atoms with Crippen LogP contribution in [-0.2, 0) is 18.7 Å². The molecule has 4 aromatic heterocycles. The van der Waals surface area contributed by atoms with Crippen LogP contribution in [0.4, 0.5) is 5.13 Å². The van der Waals surface area contributed by atoms with Crippen molar-refractivity contribution in [1.82, 2.24) is 24.1 Å². The predicted molar refractivity (Wildman–Crippen MR) is 168 cm³/mol. The smallest absolute Gasteiger partial charge is 0.267 e. The van der Waals surface area contributed by atoms with Crippen LogP contribution in [0.1, 0.15) is 21.5 Å². The zero-order valence-electron chi connectivity index (χ0n) is 22.8. The number of thioether (sulfide) groups is 1. The van der Waals surface area contributed by atoms with E-state index in [1.807, 2.05) is 48.5 Å². The Labute approximate surface area is 258 Å². The maximum absolute atomic E-state index is 13.5. The predicted octanol–water partition coefficient (Wildman–Crippen LogP) is 5.43. The van der Waals surface area contributed by atoms with Crippen LogP contribution >= 0.6 is 34.7 Å². The van der Waals surface area contributed by atoms with Gasteiger partial charge in [-0.1, -0.05) is 71.1 Å². The topological polar surface area (TPSA) is 127 Å². The second kappa shape index (κ2) is 12.4. The highest BCUT2D eigenvalue weighted by Gasteiger charge is 2.19. The lowest BCUT2D eigenvalue weighted by molar-refractivity contribution is 0.102. The second-order valence-corrected chi connectivity index (χ2v) is 12.1. The van der Waals surface area contributed by atoms with E-state index in [0.717, 1.165) is 16.9 Å². The van der Waals surface area contributed by atoms with Crippen molar-refractivity contribution < 1.29 is 9.53 Å². The number of rotatable bonds is 9. The summed E-state index contributed by atoms with van der Waals surface area (Å²) in [5.74, 6) is 0.773. The van der Waals surface area contributed by atoms with Gasteiger partial charge in [0.2, 0.25) is 5.13 Å². The number of amides is 1. The van der Waals surface area contributed by atoms with Crippen LogP contribution in [0.3, 0.4) is 0 Å². The Hall–Kier alpha value is -4.52. The molecule has 0 bridgehead atoms. The molecule has 6 rings (SSSR count). The van der Waals surface area contributed by atoms with Crippen LogP contribution in [0.2, 0.25) is 5.02 Å². The molecular formula is C30H24ClN7O3S2. The van der Waals surface area contributed by atoms with Crippen LogP contribution in [-0.4, -0.2) is 37.2 Å². The molecule has 0 atom stereocenters. The number of nitrogens with one attached hydrogen (secondary N) is 2. The number of fused-ring (bicyclic) bond motifs is 2. The van der Waals surface area contributed by atoms with Crippen LogP contribution in [0.15, 0.2) is 88.1 Å². The number of nitrogens with zero attached hydrogens (tertiary/aromatic N) is 5. The highest BCUT2D eigenvalue weighted by molar-refractivity contribution is 8.00. The van der Waals surface area contributed by atoms with E-state index >= 15 is 0 Å². The van der Waals surface area contributed by atoms with Crippen molar-refractivity contribution in [2.45, 2.75) is 23.1 Å². The molecule has 216 valence electrons. The largest absolute Gasteiger partial charge is 0.497 e. The summed E-state index contributed by atoms with van der Waals surface area (Å²) in [6, 6.07) is 21.9. The molecule has 1 amide bonds. The van der Waals surface area contributed by atoms with Crippen LogP contribution in [0.25, 0.3) is 16.7 Å². The molecule has 0 aliphatic carbocycles. The minimum absolute atomic E-state index is 0.0254. The van der Waals surface area contributed by atoms with Gasteiger partial charge in [0, 0.05) is 23.5 Å². The number of hydrogen-bond donors (Lipinski definition) is 2. The minimum atomic E-state index is -0.568. The van der Waals surface area contributed by atoms with Gasteiger partial charge in [0.1, 0.15) is 22.5 Å². The average Bonchev–Trinajstić information content (AvgIpc) is 3.47. The van der Waals surface area contributed by atoms with Gasteiger partial charge in [-0.05, 0) is 53.9 Å². The SMILES string of the molecule is COc1ccc(CCn2c(=N)c(C(=O)Nc3nnc(SCc4ccccc4Cl)s3)cc3c(=O)n4ccccc4nc32)cc1. The van der Waals surface area contributed by atoms with E-state index in [1.54, 1.807) is 36.1 Å². The first-order chi connectivity index (χ1) is 20.9. The number of aromatic nitrogens is 5. The lowest BCUT2D eigenvalue weighted by Gasteiger charge is -2.14. The Morgan fingerprint density at radius 1 is 1.09 bits per heavy atom. The molecule has 2 N–H and O–H groups in total. The van der Waals surface area contributed by atoms with Crippen molar-refractivity contribution in [3.05, 3.63) is 117 Å². The van der Waals surface area contributed by atoms with Crippen LogP contribution in [0, 0.1) is 5.41 Å². The zero-order valence-corrected chi connectivity index (χ0v) is 25.2. The molecule has 0 saturated heterocycles. The van der Waals surface area contributed by atoms with Crippen molar-refractivity contribution in [2.24, 2.45) is 0 Å². The summed E-state index contributed by atoms with van der Waals surface area (Å²) in [7, 11) is 1.61. The molecule has 43 heavy (non-hydrogen) atoms. The molecule has 13 heteroatoms. The quantitative estimate of drug-likeness (QED) is 0.124. The van der Waals surface area contributed by atoms with Crippen molar-refractivity contribution in [1.29, 1.82) is 5.41 Å². The number of ether oxygens (including phenoxy) is 1. The number of benzene rings is 2. The van der Waals surface area contributed by atoms with Crippen molar-refractivity contribution >= 4 is 62.4 Å². The lowest BCUT2D eigenvalue weighted by atomic mass is 10.1. The Morgan fingerprint density at radius 3 is 2.67 bits per heavy atom. The van der Waals surface area contributed by atoms with E-state index in [4.69, 9.17) is 26.7 Å². The van der Waals surface area contributed by atoms with Gasteiger partial charge >= 0.3 is 0 Å². The first-order valence-electron chi connectivity index (χ1n) is 13.1. The molecule has 0 aliphatic heterocycles. The van der Waals surface area contributed by atoms with Gasteiger partial charge in [-0.2, -0.15) is 0 Å². The summed E-state index contributed by atoms with van der Waals surface area (Å²) in [6.07, 6.45) is 2.17. The number of methoxy groups -OCH3 is 1. The number of aryl methyl sites for hydroxylation is 2. The summed E-state index contributed by atoms with van der Waals surface area (Å²) in [5, 5.41) is 21.2. The Kier molecular flexibility index (Phi) is 8.23. The number of carbonyl (C=O) groups excluding carboxylic acids is 1. The number of anilines is 1. The van der Waals surface area contributed by atoms with Gasteiger partial charge in [0.05, 0.1) is 18.1 Å². The van der Waals surface area contributed by atoms with E-state index in [1.165, 1.54) is 33.6 Å². The molecule has 0 saturated carbocycles. The number of carbonyl (C=O) groups is 1. The van der Waals surface area contributed by atoms with Crippen LogP contribution in [0.5, 0.6) is 5.75 Å².